The number of ether oxygens (including phenoxy) is 1. The standard InChI is InChI=1S/C13H20N2O/c1-10-6-12(8-13(15-10)16-2)7-11-4-3-5-14-9-11/h6,8,11,14H,3-5,7,9H2,1-2H3. The zero-order valence-electron chi connectivity index (χ0n) is 10.1. The molecule has 1 aliphatic rings. The summed E-state index contributed by atoms with van der Waals surface area (Å²) in [4.78, 5) is 4.31. The minimum absolute atomic E-state index is 0.735. The maximum Gasteiger partial charge on any atom is 0.213 e. The Morgan fingerprint density at radius 3 is 3.06 bits per heavy atom. The predicted octanol–water partition coefficient (Wildman–Crippen LogP) is 1.94. The molecular formula is C13H20N2O. The molecule has 3 nitrogen and oxygen atoms in total. The molecule has 0 spiro atoms. The molecule has 2 heterocycles. The third-order valence-corrected chi connectivity index (χ3v) is 3.12. The van der Waals surface area contributed by atoms with Gasteiger partial charge in [0.25, 0.3) is 0 Å². The molecule has 16 heavy (non-hydrogen) atoms. The van der Waals surface area contributed by atoms with Crippen molar-refractivity contribution in [2.45, 2.75) is 26.2 Å². The van der Waals surface area contributed by atoms with Crippen molar-refractivity contribution in [1.29, 1.82) is 0 Å². The van der Waals surface area contributed by atoms with Crippen molar-refractivity contribution in [3.05, 3.63) is 23.4 Å². The SMILES string of the molecule is COc1cc(CC2CCCNC2)cc(C)n1. The van der Waals surface area contributed by atoms with Crippen LogP contribution in [0.4, 0.5) is 0 Å². The Hall–Kier alpha value is -1.09. The molecule has 88 valence electrons. The molecule has 1 N–H and O–H groups in total. The van der Waals surface area contributed by atoms with E-state index >= 15 is 0 Å². The summed E-state index contributed by atoms with van der Waals surface area (Å²) in [7, 11) is 1.67. The van der Waals surface area contributed by atoms with Crippen molar-refractivity contribution < 1.29 is 4.74 Å². The van der Waals surface area contributed by atoms with E-state index in [0.717, 1.165) is 30.5 Å². The highest BCUT2D eigenvalue weighted by molar-refractivity contribution is 5.25. The van der Waals surface area contributed by atoms with E-state index in [1.807, 2.05) is 6.92 Å². The second kappa shape index (κ2) is 5.30. The van der Waals surface area contributed by atoms with Gasteiger partial charge in [-0.3, -0.25) is 0 Å². The smallest absolute Gasteiger partial charge is 0.213 e. The average molecular weight is 220 g/mol. The topological polar surface area (TPSA) is 34.1 Å². The summed E-state index contributed by atoms with van der Waals surface area (Å²) in [5, 5.41) is 3.45. The Morgan fingerprint density at radius 1 is 1.50 bits per heavy atom. The molecule has 1 unspecified atom stereocenters. The molecular weight excluding hydrogens is 200 g/mol. The number of aromatic nitrogens is 1. The van der Waals surface area contributed by atoms with Crippen LogP contribution in [0.25, 0.3) is 0 Å². The van der Waals surface area contributed by atoms with Gasteiger partial charge < -0.3 is 10.1 Å². The van der Waals surface area contributed by atoms with Crippen molar-refractivity contribution in [2.24, 2.45) is 5.92 Å². The van der Waals surface area contributed by atoms with Crippen LogP contribution >= 0.6 is 0 Å². The summed E-state index contributed by atoms with van der Waals surface area (Å²) < 4.78 is 5.20. The second-order valence-electron chi connectivity index (χ2n) is 4.58. The Morgan fingerprint density at radius 2 is 2.38 bits per heavy atom. The van der Waals surface area contributed by atoms with Gasteiger partial charge in [-0.2, -0.15) is 0 Å². The normalized spacial score (nSPS) is 20.8. The Kier molecular flexibility index (Phi) is 3.78. The van der Waals surface area contributed by atoms with Gasteiger partial charge in [-0.15, -0.1) is 0 Å². The summed E-state index contributed by atoms with van der Waals surface area (Å²) in [5.41, 5.74) is 2.39. The molecule has 1 saturated heterocycles. The maximum atomic E-state index is 5.20. The molecule has 1 aliphatic heterocycles. The quantitative estimate of drug-likeness (QED) is 0.845. The molecule has 1 aromatic rings. The van der Waals surface area contributed by atoms with E-state index < -0.39 is 0 Å². The highest BCUT2D eigenvalue weighted by atomic mass is 16.5. The van der Waals surface area contributed by atoms with E-state index in [2.05, 4.69) is 22.4 Å². The lowest BCUT2D eigenvalue weighted by molar-refractivity contribution is 0.372. The van der Waals surface area contributed by atoms with E-state index in [4.69, 9.17) is 4.74 Å². The van der Waals surface area contributed by atoms with Gasteiger partial charge in [-0.05, 0) is 56.8 Å². The van der Waals surface area contributed by atoms with Crippen LogP contribution in [-0.4, -0.2) is 25.2 Å². The Balaban J connectivity index is 2.04. The lowest BCUT2D eigenvalue weighted by atomic mass is 9.92. The van der Waals surface area contributed by atoms with E-state index in [1.165, 1.54) is 24.9 Å². The third kappa shape index (κ3) is 2.95. The molecule has 0 aliphatic carbocycles. The molecule has 1 fully saturated rings. The van der Waals surface area contributed by atoms with E-state index in [9.17, 15) is 0 Å². The summed E-state index contributed by atoms with van der Waals surface area (Å²) >= 11 is 0. The van der Waals surface area contributed by atoms with Crippen LogP contribution in [-0.2, 0) is 6.42 Å². The van der Waals surface area contributed by atoms with E-state index in [1.54, 1.807) is 7.11 Å². The summed E-state index contributed by atoms with van der Waals surface area (Å²) in [5.74, 6) is 1.50. The molecule has 0 amide bonds. The van der Waals surface area contributed by atoms with Gasteiger partial charge in [0.2, 0.25) is 5.88 Å². The monoisotopic (exact) mass is 220 g/mol. The first kappa shape index (κ1) is 11.4. The lowest BCUT2D eigenvalue weighted by Gasteiger charge is -2.22. The maximum absolute atomic E-state index is 5.20. The van der Waals surface area contributed by atoms with Crippen LogP contribution in [0.2, 0.25) is 0 Å². The molecule has 0 bridgehead atoms. The first-order chi connectivity index (χ1) is 7.78. The molecule has 0 aromatic carbocycles. The lowest BCUT2D eigenvalue weighted by Crippen LogP contribution is -2.30. The molecule has 3 heteroatoms. The first-order valence-corrected chi connectivity index (χ1v) is 6.00. The number of hydrogen-bond acceptors (Lipinski definition) is 3. The zero-order chi connectivity index (χ0) is 11.4. The fourth-order valence-electron chi connectivity index (χ4n) is 2.36. The number of aryl methyl sites for hydroxylation is 1. The number of hydrogen-bond donors (Lipinski definition) is 1. The largest absolute Gasteiger partial charge is 0.481 e. The molecule has 0 radical (unpaired) electrons. The molecule has 1 aromatic heterocycles. The fourth-order valence-corrected chi connectivity index (χ4v) is 2.36. The summed E-state index contributed by atoms with van der Waals surface area (Å²) in [6.45, 7) is 4.34. The highest BCUT2D eigenvalue weighted by Crippen LogP contribution is 2.19. The fraction of sp³-hybridized carbons (Fsp3) is 0.615. The number of pyridine rings is 1. The number of piperidine rings is 1. The van der Waals surface area contributed by atoms with Crippen molar-refractivity contribution in [1.82, 2.24) is 10.3 Å². The van der Waals surface area contributed by atoms with Crippen molar-refractivity contribution in [3.63, 3.8) is 0 Å². The van der Waals surface area contributed by atoms with E-state index in [0.29, 0.717) is 0 Å². The van der Waals surface area contributed by atoms with Crippen molar-refractivity contribution in [2.75, 3.05) is 20.2 Å². The minimum atomic E-state index is 0.735. The second-order valence-corrected chi connectivity index (χ2v) is 4.58. The van der Waals surface area contributed by atoms with Gasteiger partial charge in [0.05, 0.1) is 7.11 Å². The van der Waals surface area contributed by atoms with Gasteiger partial charge >= 0.3 is 0 Å². The van der Waals surface area contributed by atoms with Crippen LogP contribution in [0.3, 0.4) is 0 Å². The van der Waals surface area contributed by atoms with Crippen LogP contribution in [0.15, 0.2) is 12.1 Å². The number of rotatable bonds is 3. The van der Waals surface area contributed by atoms with E-state index in [-0.39, 0.29) is 0 Å². The highest BCUT2D eigenvalue weighted by Gasteiger charge is 2.14. The van der Waals surface area contributed by atoms with Crippen LogP contribution < -0.4 is 10.1 Å². The summed E-state index contributed by atoms with van der Waals surface area (Å²) in [6, 6.07) is 4.22. The van der Waals surface area contributed by atoms with Gasteiger partial charge in [0.15, 0.2) is 0 Å². The van der Waals surface area contributed by atoms with Crippen LogP contribution in [0, 0.1) is 12.8 Å². The average Bonchev–Trinajstić information content (AvgIpc) is 2.29. The number of methoxy groups -OCH3 is 1. The zero-order valence-corrected chi connectivity index (χ0v) is 10.1. The molecule has 0 saturated carbocycles. The van der Waals surface area contributed by atoms with Crippen molar-refractivity contribution in [3.8, 4) is 5.88 Å². The van der Waals surface area contributed by atoms with Gasteiger partial charge in [-0.25, -0.2) is 4.98 Å². The third-order valence-electron chi connectivity index (χ3n) is 3.12. The summed E-state index contributed by atoms with van der Waals surface area (Å²) in [6.07, 6.45) is 3.76. The number of nitrogens with zero attached hydrogens (tertiary/aromatic N) is 1. The Labute approximate surface area is 97.2 Å². The van der Waals surface area contributed by atoms with Gasteiger partial charge in [0, 0.05) is 11.8 Å². The minimum Gasteiger partial charge on any atom is -0.481 e. The number of nitrogens with one attached hydrogen (secondary N) is 1. The van der Waals surface area contributed by atoms with Gasteiger partial charge in [0.1, 0.15) is 0 Å². The van der Waals surface area contributed by atoms with Crippen molar-refractivity contribution >= 4 is 0 Å². The molecule has 2 rings (SSSR count). The predicted molar refractivity (Wildman–Crippen MR) is 64.8 cm³/mol. The molecule has 1 atom stereocenters. The van der Waals surface area contributed by atoms with Gasteiger partial charge in [-0.1, -0.05) is 0 Å². The van der Waals surface area contributed by atoms with Crippen LogP contribution in [0.5, 0.6) is 5.88 Å². The van der Waals surface area contributed by atoms with Crippen LogP contribution in [0.1, 0.15) is 24.1 Å². The first-order valence-electron chi connectivity index (χ1n) is 6.00. The Bertz CT molecular complexity index is 346.